The van der Waals surface area contributed by atoms with Crippen molar-refractivity contribution in [2.75, 3.05) is 44.8 Å². The summed E-state index contributed by atoms with van der Waals surface area (Å²) in [6.07, 6.45) is -2.35. The van der Waals surface area contributed by atoms with Crippen molar-refractivity contribution in [2.24, 2.45) is 11.3 Å². The molecular weight excluding hydrogens is 421 g/mol. The normalized spacial score (nSPS) is 23.0. The average molecular weight is 444 g/mol. The zero-order valence-corrected chi connectivity index (χ0v) is 17.6. The number of halogens is 3. The van der Waals surface area contributed by atoms with Crippen LogP contribution in [-0.4, -0.2) is 55.7 Å². The molecule has 4 rings (SSSR count). The van der Waals surface area contributed by atoms with Crippen LogP contribution in [0.3, 0.4) is 0 Å². The van der Waals surface area contributed by atoms with Gasteiger partial charge in [0.2, 0.25) is 0 Å². The van der Waals surface area contributed by atoms with Gasteiger partial charge in [0.1, 0.15) is 5.69 Å². The van der Waals surface area contributed by atoms with Crippen molar-refractivity contribution in [1.82, 2.24) is 9.88 Å². The Labute approximate surface area is 184 Å². The Morgan fingerprint density at radius 2 is 2.12 bits per heavy atom. The third-order valence-corrected chi connectivity index (χ3v) is 6.53. The molecule has 1 amide bonds. The van der Waals surface area contributed by atoms with Crippen LogP contribution in [0.15, 0.2) is 42.6 Å². The number of pyridine rings is 1. The van der Waals surface area contributed by atoms with E-state index in [-0.39, 0.29) is 17.2 Å². The minimum Gasteiger partial charge on any atom is -0.384 e. The molecule has 2 fully saturated rings. The van der Waals surface area contributed by atoms with E-state index in [1.807, 2.05) is 4.90 Å². The van der Waals surface area contributed by atoms with Gasteiger partial charge in [0.15, 0.2) is 0 Å². The fourth-order valence-corrected chi connectivity index (χ4v) is 4.90. The summed E-state index contributed by atoms with van der Waals surface area (Å²) >= 11 is 0. The van der Waals surface area contributed by atoms with Crippen molar-refractivity contribution in [2.45, 2.75) is 12.6 Å². The molecule has 2 unspecified atom stereocenters. The number of benzene rings is 1. The van der Waals surface area contributed by atoms with Gasteiger partial charge in [-0.3, -0.25) is 9.78 Å². The van der Waals surface area contributed by atoms with Gasteiger partial charge in [-0.1, -0.05) is 6.07 Å². The second-order valence-electron chi connectivity index (χ2n) is 8.43. The zero-order chi connectivity index (χ0) is 22.9. The number of likely N-dealkylation sites (tertiary alicyclic amines) is 1. The van der Waals surface area contributed by atoms with E-state index in [0.717, 1.165) is 6.07 Å². The molecule has 2 saturated heterocycles. The molecule has 1 aromatic heterocycles. The molecule has 2 atom stereocenters. The number of carbonyl (C=O) groups excluding carboxylic acids is 1. The summed E-state index contributed by atoms with van der Waals surface area (Å²) in [5.74, 6) is -0.110. The van der Waals surface area contributed by atoms with E-state index >= 15 is 0 Å². The second kappa shape index (κ2) is 8.43. The number of fused-ring (bicyclic) bond motifs is 1. The summed E-state index contributed by atoms with van der Waals surface area (Å²) in [5.41, 5.74) is -0.786. The maximum Gasteiger partial charge on any atom is 0.417 e. The van der Waals surface area contributed by atoms with Gasteiger partial charge < -0.3 is 14.5 Å². The van der Waals surface area contributed by atoms with Crippen LogP contribution in [0.1, 0.15) is 28.0 Å². The van der Waals surface area contributed by atoms with Crippen LogP contribution < -0.4 is 4.90 Å². The number of rotatable bonds is 4. The van der Waals surface area contributed by atoms with Crippen LogP contribution in [0.2, 0.25) is 0 Å². The van der Waals surface area contributed by atoms with Crippen molar-refractivity contribution in [3.8, 4) is 6.07 Å². The number of ether oxygens (including phenoxy) is 1. The third-order valence-electron chi connectivity index (χ3n) is 6.53. The lowest BCUT2D eigenvalue weighted by molar-refractivity contribution is -0.137. The number of nitrogens with zero attached hydrogens (tertiary/aromatic N) is 4. The van der Waals surface area contributed by atoms with Crippen LogP contribution >= 0.6 is 0 Å². The smallest absolute Gasteiger partial charge is 0.384 e. The Hall–Kier alpha value is -3.12. The molecule has 2 aromatic rings. The molecular formula is C23H23F3N4O2. The Morgan fingerprint density at radius 3 is 2.78 bits per heavy atom. The summed E-state index contributed by atoms with van der Waals surface area (Å²) in [4.78, 5) is 20.7. The lowest BCUT2D eigenvalue weighted by atomic mass is 9.73. The Bertz CT molecular complexity index is 1040. The number of aromatic nitrogens is 1. The summed E-state index contributed by atoms with van der Waals surface area (Å²) in [5, 5.41) is 9.07. The first-order valence-electron chi connectivity index (χ1n) is 10.3. The van der Waals surface area contributed by atoms with Crippen molar-refractivity contribution < 1.29 is 22.7 Å². The molecule has 0 aliphatic carbocycles. The first-order valence-corrected chi connectivity index (χ1v) is 10.3. The van der Waals surface area contributed by atoms with Gasteiger partial charge in [0.25, 0.3) is 5.91 Å². The molecule has 3 heterocycles. The number of alkyl halides is 3. The van der Waals surface area contributed by atoms with Crippen LogP contribution in [-0.2, 0) is 10.9 Å². The highest BCUT2D eigenvalue weighted by Crippen LogP contribution is 2.45. The van der Waals surface area contributed by atoms with Crippen LogP contribution in [0, 0.1) is 22.7 Å². The predicted octanol–water partition coefficient (Wildman–Crippen LogP) is 3.59. The first-order chi connectivity index (χ1) is 15.3. The lowest BCUT2D eigenvalue weighted by Gasteiger charge is -2.42. The molecule has 32 heavy (non-hydrogen) atoms. The fourth-order valence-electron chi connectivity index (χ4n) is 4.90. The standard InChI is InChI=1S/C23H23F3N4O2/c1-32-15-22-7-9-29(21(31)20-4-2-3-8-28-20)12-17(22)13-30(14-22)18-6-5-16(11-27)19(10-18)23(24,25)26/h2-6,8,10,17H,7,9,12-15H2,1H3. The molecule has 6 nitrogen and oxygen atoms in total. The number of anilines is 1. The number of methoxy groups -OCH3 is 1. The van der Waals surface area contributed by atoms with Gasteiger partial charge in [0.05, 0.1) is 23.8 Å². The van der Waals surface area contributed by atoms with Crippen LogP contribution in [0.5, 0.6) is 0 Å². The van der Waals surface area contributed by atoms with E-state index in [4.69, 9.17) is 10.00 Å². The van der Waals surface area contributed by atoms with Crippen molar-refractivity contribution in [3.63, 3.8) is 0 Å². The van der Waals surface area contributed by atoms with E-state index < -0.39 is 17.3 Å². The van der Waals surface area contributed by atoms with E-state index in [1.165, 1.54) is 6.07 Å². The summed E-state index contributed by atoms with van der Waals surface area (Å²) in [6.45, 7) is 2.50. The van der Waals surface area contributed by atoms with E-state index in [9.17, 15) is 18.0 Å². The van der Waals surface area contributed by atoms with Crippen LogP contribution in [0.25, 0.3) is 0 Å². The van der Waals surface area contributed by atoms with Gasteiger partial charge in [-0.25, -0.2) is 0 Å². The number of hydrogen-bond donors (Lipinski definition) is 0. The van der Waals surface area contributed by atoms with Gasteiger partial charge >= 0.3 is 6.18 Å². The molecule has 0 N–H and O–H groups in total. The molecule has 0 radical (unpaired) electrons. The molecule has 0 saturated carbocycles. The fraction of sp³-hybridized carbons (Fsp3) is 0.435. The maximum absolute atomic E-state index is 13.5. The average Bonchev–Trinajstić information content (AvgIpc) is 3.17. The molecule has 1 aromatic carbocycles. The molecule has 2 aliphatic heterocycles. The predicted molar refractivity (Wildman–Crippen MR) is 111 cm³/mol. The summed E-state index contributed by atoms with van der Waals surface area (Å²) in [7, 11) is 1.61. The van der Waals surface area contributed by atoms with Gasteiger partial charge in [-0.05, 0) is 36.8 Å². The topological polar surface area (TPSA) is 69.5 Å². The Morgan fingerprint density at radius 1 is 1.31 bits per heavy atom. The van der Waals surface area contributed by atoms with Crippen molar-refractivity contribution in [3.05, 3.63) is 59.4 Å². The van der Waals surface area contributed by atoms with E-state index in [0.29, 0.717) is 50.6 Å². The number of carbonyl (C=O) groups is 1. The summed E-state index contributed by atoms with van der Waals surface area (Å²) < 4.78 is 45.9. The zero-order valence-electron chi connectivity index (χ0n) is 17.6. The van der Waals surface area contributed by atoms with Gasteiger partial charge in [-0.2, -0.15) is 18.4 Å². The molecule has 2 aliphatic rings. The third kappa shape index (κ3) is 4.02. The van der Waals surface area contributed by atoms with E-state index in [1.54, 1.807) is 48.5 Å². The largest absolute Gasteiger partial charge is 0.417 e. The SMILES string of the molecule is COCC12CCN(C(=O)c3ccccn3)CC1CN(c1ccc(C#N)c(C(F)(F)F)c1)C2. The minimum atomic E-state index is -4.61. The minimum absolute atomic E-state index is 0.0360. The second-order valence-corrected chi connectivity index (χ2v) is 8.43. The highest BCUT2D eigenvalue weighted by Gasteiger charge is 2.50. The van der Waals surface area contributed by atoms with E-state index in [2.05, 4.69) is 4.98 Å². The quantitative estimate of drug-likeness (QED) is 0.721. The maximum atomic E-state index is 13.5. The molecule has 9 heteroatoms. The first kappa shape index (κ1) is 22.1. The van der Waals surface area contributed by atoms with Crippen LogP contribution in [0.4, 0.5) is 18.9 Å². The Balaban J connectivity index is 1.59. The lowest BCUT2D eigenvalue weighted by Crippen LogP contribution is -2.51. The molecule has 0 bridgehead atoms. The van der Waals surface area contributed by atoms with Crippen molar-refractivity contribution in [1.29, 1.82) is 5.26 Å². The van der Waals surface area contributed by atoms with Gasteiger partial charge in [0, 0.05) is 56.5 Å². The number of nitriles is 1. The highest BCUT2D eigenvalue weighted by molar-refractivity contribution is 5.92. The molecule has 0 spiro atoms. The van der Waals surface area contributed by atoms with Crippen molar-refractivity contribution >= 4 is 11.6 Å². The molecule has 168 valence electrons. The Kier molecular flexibility index (Phi) is 5.82. The highest BCUT2D eigenvalue weighted by atomic mass is 19.4. The number of amides is 1. The summed E-state index contributed by atoms with van der Waals surface area (Å²) in [6, 6.07) is 10.6. The number of hydrogen-bond acceptors (Lipinski definition) is 5. The van der Waals surface area contributed by atoms with Gasteiger partial charge in [-0.15, -0.1) is 0 Å². The monoisotopic (exact) mass is 444 g/mol. The number of piperidine rings is 1.